The lowest BCUT2D eigenvalue weighted by molar-refractivity contribution is -0.132. The number of ether oxygens (including phenoxy) is 1. The zero-order chi connectivity index (χ0) is 15.2. The number of nitrogens with one attached hydrogen (secondary N) is 1. The first-order valence-corrected chi connectivity index (χ1v) is 7.95. The Morgan fingerprint density at radius 1 is 1.33 bits per heavy atom. The number of nitrogens with zero attached hydrogens (tertiary/aromatic N) is 2. The van der Waals surface area contributed by atoms with Crippen LogP contribution in [0.4, 0.5) is 4.79 Å². The van der Waals surface area contributed by atoms with E-state index in [1.54, 1.807) is 7.11 Å². The van der Waals surface area contributed by atoms with Gasteiger partial charge < -0.3 is 19.9 Å². The number of carbonyl (C=O) groups is 2. The predicted octanol–water partition coefficient (Wildman–Crippen LogP) is 0.923. The molecule has 0 aliphatic carbocycles. The molecule has 120 valence electrons. The van der Waals surface area contributed by atoms with Gasteiger partial charge in [0.25, 0.3) is 0 Å². The number of likely N-dealkylation sites (tertiary alicyclic amines) is 2. The van der Waals surface area contributed by atoms with Gasteiger partial charge in [0.1, 0.15) is 0 Å². The molecule has 0 saturated carbocycles. The topological polar surface area (TPSA) is 61.9 Å². The third-order valence-electron chi connectivity index (χ3n) is 4.63. The van der Waals surface area contributed by atoms with Gasteiger partial charge in [0.2, 0.25) is 5.91 Å². The number of hydrogen-bond acceptors (Lipinski definition) is 3. The van der Waals surface area contributed by atoms with Crippen LogP contribution in [0.1, 0.15) is 26.2 Å². The van der Waals surface area contributed by atoms with Crippen molar-refractivity contribution in [3.8, 4) is 0 Å². The second-order valence-corrected chi connectivity index (χ2v) is 5.96. The standard InChI is InChI=1S/C15H27N3O3/c1-3-16-15(20)18-7-4-12-10-14(19)17(8-9-21-2)6-5-13(12)11-18/h12-13H,3-11H2,1-2H3,(H,16,20)/t12-,13-/m0/s1. The van der Waals surface area contributed by atoms with Crippen LogP contribution in [0.3, 0.4) is 0 Å². The highest BCUT2D eigenvalue weighted by Crippen LogP contribution is 2.32. The van der Waals surface area contributed by atoms with E-state index in [0.717, 1.165) is 32.5 Å². The molecule has 0 bridgehead atoms. The Bertz CT molecular complexity index is 375. The van der Waals surface area contributed by atoms with Crippen LogP contribution in [-0.2, 0) is 9.53 Å². The average Bonchev–Trinajstić information content (AvgIpc) is 2.63. The highest BCUT2D eigenvalue weighted by Gasteiger charge is 2.36. The van der Waals surface area contributed by atoms with Crippen molar-refractivity contribution in [3.05, 3.63) is 0 Å². The molecule has 21 heavy (non-hydrogen) atoms. The number of piperidine rings is 1. The SMILES string of the molecule is CCNC(=O)N1CC[C@H]2CC(=O)N(CCOC)CC[C@H]2C1. The van der Waals surface area contributed by atoms with Gasteiger partial charge in [0, 0.05) is 46.3 Å². The lowest BCUT2D eigenvalue weighted by Crippen LogP contribution is -2.48. The third kappa shape index (κ3) is 4.09. The van der Waals surface area contributed by atoms with Crippen LogP contribution >= 0.6 is 0 Å². The molecule has 6 heteroatoms. The first kappa shape index (κ1) is 16.1. The monoisotopic (exact) mass is 297 g/mol. The Hall–Kier alpha value is -1.30. The minimum Gasteiger partial charge on any atom is -0.383 e. The molecule has 2 rings (SSSR count). The third-order valence-corrected chi connectivity index (χ3v) is 4.63. The maximum Gasteiger partial charge on any atom is 0.317 e. The molecule has 2 saturated heterocycles. The van der Waals surface area contributed by atoms with Crippen molar-refractivity contribution >= 4 is 11.9 Å². The van der Waals surface area contributed by atoms with Gasteiger partial charge >= 0.3 is 6.03 Å². The summed E-state index contributed by atoms with van der Waals surface area (Å²) in [6.45, 7) is 6.18. The van der Waals surface area contributed by atoms with Crippen LogP contribution < -0.4 is 5.32 Å². The number of methoxy groups -OCH3 is 1. The minimum atomic E-state index is 0.0303. The number of hydrogen-bond donors (Lipinski definition) is 1. The summed E-state index contributed by atoms with van der Waals surface area (Å²) in [4.78, 5) is 28.0. The molecule has 2 atom stereocenters. The van der Waals surface area contributed by atoms with Crippen LogP contribution in [0, 0.1) is 11.8 Å². The fourth-order valence-electron chi connectivity index (χ4n) is 3.36. The molecular weight excluding hydrogens is 270 g/mol. The normalized spacial score (nSPS) is 26.3. The molecule has 1 N–H and O–H groups in total. The van der Waals surface area contributed by atoms with E-state index in [1.807, 2.05) is 16.7 Å². The minimum absolute atomic E-state index is 0.0303. The smallest absolute Gasteiger partial charge is 0.317 e. The maximum atomic E-state index is 12.3. The van der Waals surface area contributed by atoms with Crippen molar-refractivity contribution in [3.63, 3.8) is 0 Å². The lowest BCUT2D eigenvalue weighted by Gasteiger charge is -2.37. The van der Waals surface area contributed by atoms with Crippen LogP contribution in [0.15, 0.2) is 0 Å². The highest BCUT2D eigenvalue weighted by atomic mass is 16.5. The molecular formula is C15H27N3O3. The van der Waals surface area contributed by atoms with Crippen molar-refractivity contribution in [2.45, 2.75) is 26.2 Å². The summed E-state index contributed by atoms with van der Waals surface area (Å²) in [6.07, 6.45) is 2.54. The summed E-state index contributed by atoms with van der Waals surface area (Å²) in [5, 5.41) is 2.86. The molecule has 0 aromatic rings. The number of carbonyl (C=O) groups excluding carboxylic acids is 2. The Labute approximate surface area is 126 Å². The van der Waals surface area contributed by atoms with E-state index in [9.17, 15) is 9.59 Å². The molecule has 2 aliphatic rings. The van der Waals surface area contributed by atoms with Crippen LogP contribution in [0.2, 0.25) is 0 Å². The van der Waals surface area contributed by atoms with Gasteiger partial charge in [-0.15, -0.1) is 0 Å². The van der Waals surface area contributed by atoms with E-state index >= 15 is 0 Å². The maximum absolute atomic E-state index is 12.3. The van der Waals surface area contributed by atoms with E-state index in [0.29, 0.717) is 38.0 Å². The van der Waals surface area contributed by atoms with Crippen molar-refractivity contribution in [1.29, 1.82) is 0 Å². The lowest BCUT2D eigenvalue weighted by atomic mass is 9.82. The van der Waals surface area contributed by atoms with Crippen molar-refractivity contribution in [1.82, 2.24) is 15.1 Å². The number of urea groups is 1. The molecule has 2 heterocycles. The van der Waals surface area contributed by atoms with Gasteiger partial charge in [-0.1, -0.05) is 0 Å². The Morgan fingerprint density at radius 2 is 2.10 bits per heavy atom. The fourth-order valence-corrected chi connectivity index (χ4v) is 3.36. The summed E-state index contributed by atoms with van der Waals surface area (Å²) in [5.74, 6) is 1.11. The molecule has 3 amide bonds. The van der Waals surface area contributed by atoms with E-state index in [1.165, 1.54) is 0 Å². The summed E-state index contributed by atoms with van der Waals surface area (Å²) in [5.41, 5.74) is 0. The highest BCUT2D eigenvalue weighted by molar-refractivity contribution is 5.77. The largest absolute Gasteiger partial charge is 0.383 e. The van der Waals surface area contributed by atoms with Crippen LogP contribution in [0.5, 0.6) is 0 Å². The molecule has 2 aliphatic heterocycles. The zero-order valence-corrected chi connectivity index (χ0v) is 13.1. The van der Waals surface area contributed by atoms with Gasteiger partial charge in [0.05, 0.1) is 6.61 Å². The number of rotatable bonds is 4. The average molecular weight is 297 g/mol. The molecule has 6 nitrogen and oxygen atoms in total. The van der Waals surface area contributed by atoms with E-state index in [2.05, 4.69) is 5.32 Å². The van der Waals surface area contributed by atoms with Gasteiger partial charge in [0.15, 0.2) is 0 Å². The van der Waals surface area contributed by atoms with E-state index in [-0.39, 0.29) is 11.9 Å². The van der Waals surface area contributed by atoms with E-state index < -0.39 is 0 Å². The van der Waals surface area contributed by atoms with Crippen molar-refractivity contribution in [2.75, 3.05) is 46.4 Å². The summed E-state index contributed by atoms with van der Waals surface area (Å²) < 4.78 is 5.07. The second-order valence-electron chi connectivity index (χ2n) is 5.96. The molecule has 0 unspecified atom stereocenters. The Kier molecular flexibility index (Phi) is 5.85. The quantitative estimate of drug-likeness (QED) is 0.839. The number of amides is 3. The summed E-state index contributed by atoms with van der Waals surface area (Å²) in [6, 6.07) is 0.0303. The molecule has 0 radical (unpaired) electrons. The Balaban J connectivity index is 1.92. The van der Waals surface area contributed by atoms with Crippen LogP contribution in [0.25, 0.3) is 0 Å². The van der Waals surface area contributed by atoms with Gasteiger partial charge in [-0.25, -0.2) is 4.79 Å². The summed E-state index contributed by atoms with van der Waals surface area (Å²) >= 11 is 0. The molecule has 0 aromatic carbocycles. The van der Waals surface area contributed by atoms with Gasteiger partial charge in [-0.05, 0) is 31.6 Å². The molecule has 0 aromatic heterocycles. The van der Waals surface area contributed by atoms with Crippen molar-refractivity contribution < 1.29 is 14.3 Å². The summed E-state index contributed by atoms with van der Waals surface area (Å²) in [7, 11) is 1.66. The first-order valence-electron chi connectivity index (χ1n) is 7.95. The van der Waals surface area contributed by atoms with Crippen LogP contribution in [-0.4, -0.2) is 68.2 Å². The fraction of sp³-hybridized carbons (Fsp3) is 0.867. The second kappa shape index (κ2) is 7.64. The van der Waals surface area contributed by atoms with Gasteiger partial charge in [-0.3, -0.25) is 4.79 Å². The number of fused-ring (bicyclic) bond motifs is 1. The molecule has 2 fully saturated rings. The van der Waals surface area contributed by atoms with E-state index in [4.69, 9.17) is 4.74 Å². The first-order chi connectivity index (χ1) is 10.2. The van der Waals surface area contributed by atoms with Crippen molar-refractivity contribution in [2.24, 2.45) is 11.8 Å². The zero-order valence-electron chi connectivity index (χ0n) is 13.1. The van der Waals surface area contributed by atoms with Gasteiger partial charge in [-0.2, -0.15) is 0 Å². The predicted molar refractivity (Wildman–Crippen MR) is 79.9 cm³/mol. The molecule has 0 spiro atoms. The Morgan fingerprint density at radius 3 is 2.81 bits per heavy atom.